The van der Waals surface area contributed by atoms with E-state index < -0.39 is 0 Å². The minimum atomic E-state index is 0.601. The minimum Gasteiger partial charge on any atom is -0.381 e. The molecule has 4 nitrogen and oxygen atoms in total. The molecule has 0 atom stereocenters. The van der Waals surface area contributed by atoms with Gasteiger partial charge in [-0.15, -0.1) is 0 Å². The quantitative estimate of drug-likeness (QED) is 0.776. The largest absolute Gasteiger partial charge is 0.381 e. The van der Waals surface area contributed by atoms with Crippen LogP contribution >= 0.6 is 0 Å². The third-order valence-corrected chi connectivity index (χ3v) is 3.36. The highest BCUT2D eigenvalue weighted by Gasteiger charge is 2.26. The summed E-state index contributed by atoms with van der Waals surface area (Å²) in [6, 6.07) is 4.69. The molecule has 1 fully saturated rings. The summed E-state index contributed by atoms with van der Waals surface area (Å²) in [6.07, 6.45) is 4.12. The summed E-state index contributed by atoms with van der Waals surface area (Å²) in [4.78, 5) is 6.94. The molecular formula is C12H17N3O. The van der Waals surface area contributed by atoms with Crippen molar-refractivity contribution in [3.63, 3.8) is 0 Å². The Morgan fingerprint density at radius 3 is 3.12 bits per heavy atom. The van der Waals surface area contributed by atoms with Crippen molar-refractivity contribution in [1.29, 1.82) is 0 Å². The van der Waals surface area contributed by atoms with Crippen LogP contribution < -0.4 is 10.2 Å². The fourth-order valence-corrected chi connectivity index (χ4v) is 2.53. The van der Waals surface area contributed by atoms with E-state index in [0.29, 0.717) is 6.04 Å². The van der Waals surface area contributed by atoms with E-state index in [1.54, 1.807) is 0 Å². The van der Waals surface area contributed by atoms with Crippen LogP contribution in [0, 0.1) is 0 Å². The van der Waals surface area contributed by atoms with Crippen molar-refractivity contribution in [2.45, 2.75) is 18.9 Å². The Kier molecular flexibility index (Phi) is 2.66. The SMILES string of the molecule is c1cnc2c(c1)NCCN2C1CCOCC1. The summed E-state index contributed by atoms with van der Waals surface area (Å²) in [7, 11) is 0. The first-order valence-corrected chi connectivity index (χ1v) is 5.98. The molecule has 0 saturated carbocycles. The molecule has 1 aromatic heterocycles. The van der Waals surface area contributed by atoms with Gasteiger partial charge in [0.25, 0.3) is 0 Å². The zero-order valence-electron chi connectivity index (χ0n) is 9.35. The van der Waals surface area contributed by atoms with E-state index >= 15 is 0 Å². The lowest BCUT2D eigenvalue weighted by molar-refractivity contribution is 0.0843. The molecule has 1 saturated heterocycles. The van der Waals surface area contributed by atoms with Crippen LogP contribution in [0.1, 0.15) is 12.8 Å². The first-order chi connectivity index (χ1) is 7.95. The molecule has 2 aliphatic rings. The second kappa shape index (κ2) is 4.29. The van der Waals surface area contributed by atoms with Crippen LogP contribution in [0.2, 0.25) is 0 Å². The van der Waals surface area contributed by atoms with Gasteiger partial charge in [-0.25, -0.2) is 4.98 Å². The number of aromatic nitrogens is 1. The Morgan fingerprint density at radius 2 is 2.25 bits per heavy atom. The highest BCUT2D eigenvalue weighted by atomic mass is 16.5. The number of ether oxygens (including phenoxy) is 1. The number of rotatable bonds is 1. The molecule has 0 aromatic carbocycles. The van der Waals surface area contributed by atoms with Gasteiger partial charge < -0.3 is 15.0 Å². The van der Waals surface area contributed by atoms with E-state index in [9.17, 15) is 0 Å². The third kappa shape index (κ3) is 1.73. The van der Waals surface area contributed by atoms with Crippen molar-refractivity contribution in [3.8, 4) is 0 Å². The van der Waals surface area contributed by atoms with Crippen LogP contribution in [0.4, 0.5) is 11.5 Å². The Morgan fingerprint density at radius 1 is 1.38 bits per heavy atom. The van der Waals surface area contributed by atoms with E-state index in [-0.39, 0.29) is 0 Å². The second-order valence-corrected chi connectivity index (χ2v) is 4.34. The van der Waals surface area contributed by atoms with Gasteiger partial charge in [-0.05, 0) is 25.0 Å². The van der Waals surface area contributed by atoms with Crippen LogP contribution in [0.25, 0.3) is 0 Å². The smallest absolute Gasteiger partial charge is 0.152 e. The second-order valence-electron chi connectivity index (χ2n) is 4.34. The van der Waals surface area contributed by atoms with E-state index in [1.807, 2.05) is 12.3 Å². The monoisotopic (exact) mass is 219 g/mol. The lowest BCUT2D eigenvalue weighted by Crippen LogP contribution is -2.45. The van der Waals surface area contributed by atoms with Crippen molar-refractivity contribution in [2.75, 3.05) is 36.5 Å². The van der Waals surface area contributed by atoms with Crippen molar-refractivity contribution in [2.24, 2.45) is 0 Å². The third-order valence-electron chi connectivity index (χ3n) is 3.36. The summed E-state index contributed by atoms with van der Waals surface area (Å²) in [5, 5.41) is 3.40. The number of nitrogens with one attached hydrogen (secondary N) is 1. The maximum Gasteiger partial charge on any atom is 0.152 e. The Balaban J connectivity index is 1.86. The molecule has 0 unspecified atom stereocenters. The van der Waals surface area contributed by atoms with Gasteiger partial charge in [0.2, 0.25) is 0 Å². The van der Waals surface area contributed by atoms with E-state index in [2.05, 4.69) is 21.3 Å². The van der Waals surface area contributed by atoms with Gasteiger partial charge >= 0.3 is 0 Å². The van der Waals surface area contributed by atoms with Crippen LogP contribution in [0.3, 0.4) is 0 Å². The Bertz CT molecular complexity index is 363. The van der Waals surface area contributed by atoms with Crippen molar-refractivity contribution < 1.29 is 4.74 Å². The van der Waals surface area contributed by atoms with E-state index in [1.165, 1.54) is 5.69 Å². The molecule has 0 radical (unpaired) electrons. The Hall–Kier alpha value is -1.29. The van der Waals surface area contributed by atoms with Crippen LogP contribution in [-0.2, 0) is 4.74 Å². The van der Waals surface area contributed by atoms with Gasteiger partial charge in [-0.1, -0.05) is 0 Å². The van der Waals surface area contributed by atoms with Gasteiger partial charge in [-0.3, -0.25) is 0 Å². The normalized spacial score (nSPS) is 21.4. The number of nitrogens with zero attached hydrogens (tertiary/aromatic N) is 2. The zero-order chi connectivity index (χ0) is 10.8. The van der Waals surface area contributed by atoms with E-state index in [4.69, 9.17) is 4.74 Å². The lowest BCUT2D eigenvalue weighted by Gasteiger charge is -2.38. The molecule has 2 aliphatic heterocycles. The number of anilines is 2. The van der Waals surface area contributed by atoms with Crippen molar-refractivity contribution >= 4 is 11.5 Å². The molecule has 1 N–H and O–H groups in total. The molecule has 3 rings (SSSR count). The summed E-state index contributed by atoms with van der Waals surface area (Å²) in [6.45, 7) is 3.83. The molecule has 0 aliphatic carbocycles. The molecule has 16 heavy (non-hydrogen) atoms. The fourth-order valence-electron chi connectivity index (χ4n) is 2.53. The summed E-state index contributed by atoms with van der Waals surface area (Å²) >= 11 is 0. The predicted molar refractivity (Wildman–Crippen MR) is 63.9 cm³/mol. The standard InChI is InChI=1S/C12H17N3O/c1-2-11-12(14-5-1)15(7-6-13-11)10-3-8-16-9-4-10/h1-2,5,10,13H,3-4,6-9H2. The number of hydrogen-bond acceptors (Lipinski definition) is 4. The highest BCUT2D eigenvalue weighted by molar-refractivity contribution is 5.67. The lowest BCUT2D eigenvalue weighted by atomic mass is 10.1. The van der Waals surface area contributed by atoms with Crippen molar-refractivity contribution in [3.05, 3.63) is 18.3 Å². The fraction of sp³-hybridized carbons (Fsp3) is 0.583. The molecule has 0 spiro atoms. The number of hydrogen-bond donors (Lipinski definition) is 1. The van der Waals surface area contributed by atoms with E-state index in [0.717, 1.165) is 45.0 Å². The maximum atomic E-state index is 5.42. The molecule has 4 heteroatoms. The first kappa shape index (κ1) is 9.90. The van der Waals surface area contributed by atoms with Crippen LogP contribution in [0.15, 0.2) is 18.3 Å². The summed E-state index contributed by atoms with van der Waals surface area (Å²) in [5.74, 6) is 1.11. The highest BCUT2D eigenvalue weighted by Crippen LogP contribution is 2.29. The average Bonchev–Trinajstić information content (AvgIpc) is 2.39. The first-order valence-electron chi connectivity index (χ1n) is 5.98. The van der Waals surface area contributed by atoms with Crippen LogP contribution in [-0.4, -0.2) is 37.3 Å². The predicted octanol–water partition coefficient (Wildman–Crippen LogP) is 1.49. The average molecular weight is 219 g/mol. The summed E-state index contributed by atoms with van der Waals surface area (Å²) in [5.41, 5.74) is 1.17. The van der Waals surface area contributed by atoms with Gasteiger partial charge in [0.05, 0.1) is 5.69 Å². The zero-order valence-corrected chi connectivity index (χ0v) is 9.35. The molecule has 0 bridgehead atoms. The van der Waals surface area contributed by atoms with Gasteiger partial charge in [0.1, 0.15) is 0 Å². The summed E-state index contributed by atoms with van der Waals surface area (Å²) < 4.78 is 5.42. The topological polar surface area (TPSA) is 37.4 Å². The Labute approximate surface area is 95.6 Å². The van der Waals surface area contributed by atoms with Crippen LogP contribution in [0.5, 0.6) is 0 Å². The number of pyridine rings is 1. The van der Waals surface area contributed by atoms with Gasteiger partial charge in [-0.2, -0.15) is 0 Å². The van der Waals surface area contributed by atoms with Crippen molar-refractivity contribution in [1.82, 2.24) is 4.98 Å². The van der Waals surface area contributed by atoms with Gasteiger partial charge in [0.15, 0.2) is 5.82 Å². The number of fused-ring (bicyclic) bond motifs is 1. The molecule has 3 heterocycles. The minimum absolute atomic E-state index is 0.601. The van der Waals surface area contributed by atoms with Gasteiger partial charge in [0, 0.05) is 38.5 Å². The molecule has 86 valence electrons. The molecule has 1 aromatic rings. The molecular weight excluding hydrogens is 202 g/mol. The molecule has 0 amide bonds. The maximum absolute atomic E-state index is 5.42.